The van der Waals surface area contributed by atoms with E-state index in [1.54, 1.807) is 0 Å². The van der Waals surface area contributed by atoms with Crippen molar-refractivity contribution in [2.75, 3.05) is 0 Å². The summed E-state index contributed by atoms with van der Waals surface area (Å²) >= 11 is 6.24. The van der Waals surface area contributed by atoms with Crippen LogP contribution in [-0.4, -0.2) is 20.6 Å². The third-order valence-corrected chi connectivity index (χ3v) is 4.14. The van der Waals surface area contributed by atoms with Crippen LogP contribution in [0.25, 0.3) is 11.4 Å². The molecule has 0 saturated heterocycles. The predicted octanol–water partition coefficient (Wildman–Crippen LogP) is 4.19. The van der Waals surface area contributed by atoms with Gasteiger partial charge in [0.15, 0.2) is 5.15 Å². The highest BCUT2D eigenvalue weighted by Crippen LogP contribution is 2.27. The molecule has 0 bridgehead atoms. The van der Waals surface area contributed by atoms with Crippen molar-refractivity contribution in [3.05, 3.63) is 76.6 Å². The number of imidazole rings is 1. The van der Waals surface area contributed by atoms with E-state index in [9.17, 15) is 9.90 Å². The number of aliphatic carboxylic acids is 1. The molecule has 0 aliphatic rings. The van der Waals surface area contributed by atoms with E-state index >= 15 is 0 Å². The van der Waals surface area contributed by atoms with E-state index in [0.29, 0.717) is 18.1 Å². The summed E-state index contributed by atoms with van der Waals surface area (Å²) in [4.78, 5) is 15.6. The van der Waals surface area contributed by atoms with Crippen molar-refractivity contribution in [3.63, 3.8) is 0 Å². The van der Waals surface area contributed by atoms with Crippen LogP contribution in [0.1, 0.15) is 16.8 Å². The van der Waals surface area contributed by atoms with Crippen LogP contribution < -0.4 is 0 Å². The fourth-order valence-electron chi connectivity index (χ4n) is 2.62. The van der Waals surface area contributed by atoms with Crippen LogP contribution in [0.4, 0.5) is 0 Å². The average Bonchev–Trinajstić information content (AvgIpc) is 2.86. The van der Waals surface area contributed by atoms with Gasteiger partial charge >= 0.3 is 5.97 Å². The number of rotatable bonds is 5. The van der Waals surface area contributed by atoms with Crippen LogP contribution in [0.15, 0.2) is 54.6 Å². The van der Waals surface area contributed by atoms with E-state index in [1.807, 2.05) is 66.1 Å². The molecule has 4 nitrogen and oxygen atoms in total. The Bertz CT molecular complexity index is 855. The van der Waals surface area contributed by atoms with Gasteiger partial charge in [-0.15, -0.1) is 0 Å². The second-order valence-electron chi connectivity index (χ2n) is 5.68. The Kier molecular flexibility index (Phi) is 4.67. The summed E-state index contributed by atoms with van der Waals surface area (Å²) in [6.45, 7) is 2.55. The molecule has 5 heteroatoms. The van der Waals surface area contributed by atoms with Crippen LogP contribution in [-0.2, 0) is 17.8 Å². The van der Waals surface area contributed by atoms with Crippen molar-refractivity contribution in [2.24, 2.45) is 0 Å². The zero-order chi connectivity index (χ0) is 17.1. The summed E-state index contributed by atoms with van der Waals surface area (Å²) in [5, 5.41) is 9.44. The molecular formula is C19H17ClN2O2. The Morgan fingerprint density at radius 3 is 2.42 bits per heavy atom. The lowest BCUT2D eigenvalue weighted by atomic mass is 10.1. The first-order chi connectivity index (χ1) is 11.5. The van der Waals surface area contributed by atoms with E-state index in [0.717, 1.165) is 11.1 Å². The van der Waals surface area contributed by atoms with Crippen molar-refractivity contribution in [1.82, 2.24) is 9.55 Å². The molecule has 122 valence electrons. The van der Waals surface area contributed by atoms with Crippen molar-refractivity contribution >= 4 is 17.6 Å². The molecule has 0 radical (unpaired) electrons. The summed E-state index contributed by atoms with van der Waals surface area (Å²) in [5.74, 6) is -0.251. The molecule has 0 aliphatic heterocycles. The van der Waals surface area contributed by atoms with E-state index in [2.05, 4.69) is 4.98 Å². The van der Waals surface area contributed by atoms with E-state index in [-0.39, 0.29) is 11.6 Å². The van der Waals surface area contributed by atoms with Crippen LogP contribution in [0.3, 0.4) is 0 Å². The van der Waals surface area contributed by atoms with Crippen LogP contribution in [0.5, 0.6) is 0 Å². The molecule has 2 aromatic carbocycles. The van der Waals surface area contributed by atoms with Crippen LogP contribution >= 0.6 is 11.6 Å². The highest BCUT2D eigenvalue weighted by molar-refractivity contribution is 6.30. The number of aryl methyl sites for hydroxylation is 1. The summed E-state index contributed by atoms with van der Waals surface area (Å²) in [7, 11) is 0. The lowest BCUT2D eigenvalue weighted by Crippen LogP contribution is -2.11. The molecule has 24 heavy (non-hydrogen) atoms. The van der Waals surface area contributed by atoms with Gasteiger partial charge in [0.2, 0.25) is 0 Å². The molecule has 0 spiro atoms. The maximum atomic E-state index is 11.2. The second-order valence-corrected chi connectivity index (χ2v) is 6.04. The average molecular weight is 341 g/mol. The fourth-order valence-corrected chi connectivity index (χ4v) is 2.87. The molecular weight excluding hydrogens is 324 g/mol. The third-order valence-electron chi connectivity index (χ3n) is 3.84. The number of aromatic nitrogens is 2. The number of nitrogens with zero attached hydrogens (tertiary/aromatic N) is 2. The monoisotopic (exact) mass is 340 g/mol. The van der Waals surface area contributed by atoms with Gasteiger partial charge in [-0.25, -0.2) is 4.98 Å². The number of hydrogen-bond donors (Lipinski definition) is 1. The Morgan fingerprint density at radius 1 is 1.12 bits per heavy atom. The van der Waals surface area contributed by atoms with Gasteiger partial charge in [0.1, 0.15) is 5.82 Å². The molecule has 0 atom stereocenters. The molecule has 3 aromatic rings. The normalized spacial score (nSPS) is 10.8. The smallest absolute Gasteiger partial charge is 0.309 e. The van der Waals surface area contributed by atoms with E-state index < -0.39 is 5.97 Å². The van der Waals surface area contributed by atoms with Gasteiger partial charge < -0.3 is 9.67 Å². The highest BCUT2D eigenvalue weighted by atomic mass is 35.5. The molecule has 1 aromatic heterocycles. The third kappa shape index (κ3) is 3.49. The summed E-state index contributed by atoms with van der Waals surface area (Å²) in [6, 6.07) is 17.8. The minimum absolute atomic E-state index is 0.162. The summed E-state index contributed by atoms with van der Waals surface area (Å²) < 4.78 is 1.89. The molecule has 0 fully saturated rings. The topological polar surface area (TPSA) is 55.1 Å². The van der Waals surface area contributed by atoms with Gasteiger partial charge in [-0.1, -0.05) is 71.8 Å². The zero-order valence-electron chi connectivity index (χ0n) is 13.2. The summed E-state index contributed by atoms with van der Waals surface area (Å²) in [5.41, 5.74) is 3.67. The lowest BCUT2D eigenvalue weighted by Gasteiger charge is -2.12. The van der Waals surface area contributed by atoms with Gasteiger partial charge in [-0.3, -0.25) is 4.79 Å². The number of carboxylic acid groups (broad SMARTS) is 1. The molecule has 0 saturated carbocycles. The molecule has 3 rings (SSSR count). The number of hydrogen-bond acceptors (Lipinski definition) is 2. The van der Waals surface area contributed by atoms with Gasteiger partial charge in [-0.2, -0.15) is 0 Å². The Hall–Kier alpha value is -2.59. The van der Waals surface area contributed by atoms with Crippen molar-refractivity contribution < 1.29 is 9.90 Å². The predicted molar refractivity (Wildman–Crippen MR) is 94.3 cm³/mol. The van der Waals surface area contributed by atoms with Gasteiger partial charge in [0, 0.05) is 12.1 Å². The zero-order valence-corrected chi connectivity index (χ0v) is 14.0. The number of benzene rings is 2. The molecule has 0 amide bonds. The van der Waals surface area contributed by atoms with Crippen molar-refractivity contribution in [3.8, 4) is 11.4 Å². The fraction of sp³-hybridized carbons (Fsp3) is 0.158. The molecule has 1 heterocycles. The number of carbonyl (C=O) groups is 1. The second kappa shape index (κ2) is 6.89. The quantitative estimate of drug-likeness (QED) is 0.757. The first-order valence-electron chi connectivity index (χ1n) is 7.62. The minimum Gasteiger partial charge on any atom is -0.481 e. The van der Waals surface area contributed by atoms with Gasteiger partial charge in [-0.05, 0) is 12.5 Å². The maximum absolute atomic E-state index is 11.2. The standard InChI is InChI=1S/C19H17ClN2O2/c1-13-7-9-14(10-8-13)12-22-16(11-17(23)24)18(20)21-19(22)15-5-3-2-4-6-15/h2-10H,11-12H2,1H3,(H,23,24). The van der Waals surface area contributed by atoms with Gasteiger partial charge in [0.05, 0.1) is 12.1 Å². The van der Waals surface area contributed by atoms with Crippen molar-refractivity contribution in [1.29, 1.82) is 0 Å². The highest BCUT2D eigenvalue weighted by Gasteiger charge is 2.19. The van der Waals surface area contributed by atoms with E-state index in [1.165, 1.54) is 5.56 Å². The first kappa shape index (κ1) is 16.3. The number of halogens is 1. The Balaban J connectivity index is 2.09. The van der Waals surface area contributed by atoms with E-state index in [4.69, 9.17) is 11.6 Å². The maximum Gasteiger partial charge on any atom is 0.309 e. The van der Waals surface area contributed by atoms with Crippen molar-refractivity contribution in [2.45, 2.75) is 19.9 Å². The molecule has 0 unspecified atom stereocenters. The minimum atomic E-state index is -0.929. The molecule has 0 aliphatic carbocycles. The molecule has 1 N–H and O–H groups in total. The van der Waals surface area contributed by atoms with Crippen LogP contribution in [0.2, 0.25) is 5.15 Å². The first-order valence-corrected chi connectivity index (χ1v) is 8.00. The Morgan fingerprint density at radius 2 is 1.79 bits per heavy atom. The number of carboxylic acids is 1. The van der Waals surface area contributed by atoms with Gasteiger partial charge in [0.25, 0.3) is 0 Å². The Labute approximate surface area is 145 Å². The largest absolute Gasteiger partial charge is 0.481 e. The summed E-state index contributed by atoms with van der Waals surface area (Å²) in [6.07, 6.45) is -0.162. The van der Waals surface area contributed by atoms with Crippen LogP contribution in [0, 0.1) is 6.92 Å². The lowest BCUT2D eigenvalue weighted by molar-refractivity contribution is -0.136. The SMILES string of the molecule is Cc1ccc(Cn2c(-c3ccccc3)nc(Cl)c2CC(=O)O)cc1.